The fourth-order valence-corrected chi connectivity index (χ4v) is 2.97. The summed E-state index contributed by atoms with van der Waals surface area (Å²) in [5.41, 5.74) is 4.44. The van der Waals surface area contributed by atoms with E-state index in [0.717, 1.165) is 34.0 Å². The molecule has 0 saturated carbocycles. The van der Waals surface area contributed by atoms with E-state index in [-0.39, 0.29) is 0 Å². The Morgan fingerprint density at radius 2 is 2.00 bits per heavy atom. The maximum Gasteiger partial charge on any atom is 0.125 e. The van der Waals surface area contributed by atoms with Gasteiger partial charge >= 0.3 is 0 Å². The van der Waals surface area contributed by atoms with Gasteiger partial charge in [-0.25, -0.2) is 0 Å². The van der Waals surface area contributed by atoms with Gasteiger partial charge in [0, 0.05) is 11.3 Å². The molecule has 3 rings (SSSR count). The summed E-state index contributed by atoms with van der Waals surface area (Å²) in [7, 11) is 0. The van der Waals surface area contributed by atoms with E-state index in [0.29, 0.717) is 17.1 Å². The van der Waals surface area contributed by atoms with E-state index in [1.165, 1.54) is 0 Å². The summed E-state index contributed by atoms with van der Waals surface area (Å²) in [6, 6.07) is 11.5. The number of benzene rings is 1. The lowest BCUT2D eigenvalue weighted by atomic mass is 10.0. The monoisotopic (exact) mass is 325 g/mol. The number of furan rings is 1. The second-order valence-electron chi connectivity index (χ2n) is 5.52. The van der Waals surface area contributed by atoms with Crippen molar-refractivity contribution < 1.29 is 4.42 Å². The first-order valence-corrected chi connectivity index (χ1v) is 7.66. The predicted molar refractivity (Wildman–Crippen MR) is 89.4 cm³/mol. The summed E-state index contributed by atoms with van der Waals surface area (Å²) in [6.07, 6.45) is 0. The molecule has 3 aromatic rings. The number of aromatic nitrogens is 2. The first-order chi connectivity index (χ1) is 11.0. The minimum absolute atomic E-state index is 0.457. The van der Waals surface area contributed by atoms with Crippen LogP contribution < -0.4 is 0 Å². The molecule has 23 heavy (non-hydrogen) atoms. The van der Waals surface area contributed by atoms with Crippen LogP contribution in [0.25, 0.3) is 11.1 Å². The van der Waals surface area contributed by atoms with Gasteiger partial charge in [-0.1, -0.05) is 17.7 Å². The first kappa shape index (κ1) is 15.4. The first-order valence-electron chi connectivity index (χ1n) is 7.29. The van der Waals surface area contributed by atoms with E-state index in [1.807, 2.05) is 49.7 Å². The summed E-state index contributed by atoms with van der Waals surface area (Å²) in [5, 5.41) is 14.1. The Morgan fingerprint density at radius 1 is 1.22 bits per heavy atom. The molecule has 0 fully saturated rings. The Morgan fingerprint density at radius 3 is 2.61 bits per heavy atom. The Kier molecular flexibility index (Phi) is 3.97. The van der Waals surface area contributed by atoms with Gasteiger partial charge in [0.25, 0.3) is 0 Å². The minimum Gasteiger partial charge on any atom is -0.464 e. The van der Waals surface area contributed by atoms with Crippen LogP contribution in [0.3, 0.4) is 0 Å². The number of nitrogens with zero attached hydrogens (tertiary/aromatic N) is 3. The molecule has 0 unspecified atom stereocenters. The number of rotatable bonds is 3. The molecule has 0 aliphatic rings. The lowest BCUT2D eigenvalue weighted by Gasteiger charge is -2.05. The van der Waals surface area contributed by atoms with E-state index in [2.05, 4.69) is 11.2 Å². The Labute approximate surface area is 139 Å². The van der Waals surface area contributed by atoms with Crippen LogP contribution in [0.5, 0.6) is 0 Å². The Bertz CT molecular complexity index is 915. The van der Waals surface area contributed by atoms with Crippen LogP contribution in [0.4, 0.5) is 0 Å². The highest BCUT2D eigenvalue weighted by Gasteiger charge is 2.15. The van der Waals surface area contributed by atoms with Crippen molar-refractivity contribution in [1.29, 1.82) is 5.26 Å². The topological polar surface area (TPSA) is 54.8 Å². The number of nitriles is 1. The number of hydrogen-bond donors (Lipinski definition) is 0. The van der Waals surface area contributed by atoms with E-state index < -0.39 is 0 Å². The van der Waals surface area contributed by atoms with Crippen molar-refractivity contribution in [2.45, 2.75) is 27.3 Å². The third-order valence-electron chi connectivity index (χ3n) is 3.86. The largest absolute Gasteiger partial charge is 0.464 e. The molecule has 0 aliphatic heterocycles. The molecular weight excluding hydrogens is 310 g/mol. The van der Waals surface area contributed by atoms with E-state index in [1.54, 1.807) is 6.07 Å². The zero-order valence-electron chi connectivity index (χ0n) is 13.2. The highest BCUT2D eigenvalue weighted by atomic mass is 35.5. The molecule has 5 heteroatoms. The Balaban J connectivity index is 2.01. The van der Waals surface area contributed by atoms with Gasteiger partial charge in [0.2, 0.25) is 0 Å². The molecular formula is C18H16ClN3O. The highest BCUT2D eigenvalue weighted by molar-refractivity contribution is 6.32. The van der Waals surface area contributed by atoms with Crippen molar-refractivity contribution >= 4 is 11.6 Å². The number of halogens is 1. The lowest BCUT2D eigenvalue weighted by molar-refractivity contribution is 0.456. The molecule has 0 radical (unpaired) electrons. The van der Waals surface area contributed by atoms with Gasteiger partial charge < -0.3 is 4.42 Å². The normalized spacial score (nSPS) is 10.7. The van der Waals surface area contributed by atoms with Crippen LogP contribution in [0, 0.1) is 32.1 Å². The van der Waals surface area contributed by atoms with Crippen molar-refractivity contribution in [2.75, 3.05) is 0 Å². The average Bonchev–Trinajstić information content (AvgIpc) is 3.03. The smallest absolute Gasteiger partial charge is 0.125 e. The molecule has 0 aliphatic carbocycles. The molecule has 0 N–H and O–H groups in total. The van der Waals surface area contributed by atoms with Crippen molar-refractivity contribution in [3.8, 4) is 17.2 Å². The van der Waals surface area contributed by atoms with Crippen molar-refractivity contribution in [1.82, 2.24) is 9.78 Å². The number of hydrogen-bond acceptors (Lipinski definition) is 3. The van der Waals surface area contributed by atoms with Gasteiger partial charge in [-0.05, 0) is 50.6 Å². The summed E-state index contributed by atoms with van der Waals surface area (Å²) in [4.78, 5) is 0. The van der Waals surface area contributed by atoms with Crippen LogP contribution in [-0.4, -0.2) is 9.78 Å². The van der Waals surface area contributed by atoms with E-state index in [4.69, 9.17) is 21.3 Å². The second-order valence-corrected chi connectivity index (χ2v) is 5.93. The van der Waals surface area contributed by atoms with Gasteiger partial charge in [0.05, 0.1) is 22.8 Å². The fraction of sp³-hybridized carbons (Fsp3) is 0.222. The molecule has 0 atom stereocenters. The Hall–Kier alpha value is -2.51. The van der Waals surface area contributed by atoms with E-state index >= 15 is 0 Å². The van der Waals surface area contributed by atoms with E-state index in [9.17, 15) is 0 Å². The van der Waals surface area contributed by atoms with Crippen molar-refractivity contribution in [2.24, 2.45) is 0 Å². The van der Waals surface area contributed by atoms with Crippen LogP contribution >= 0.6 is 11.6 Å². The quantitative estimate of drug-likeness (QED) is 0.704. The summed E-state index contributed by atoms with van der Waals surface area (Å²) < 4.78 is 7.55. The molecule has 0 spiro atoms. The molecule has 0 saturated heterocycles. The zero-order valence-corrected chi connectivity index (χ0v) is 14.0. The number of aryl methyl sites for hydroxylation is 2. The minimum atomic E-state index is 0.457. The lowest BCUT2D eigenvalue weighted by Crippen LogP contribution is -2.03. The van der Waals surface area contributed by atoms with Crippen molar-refractivity contribution in [3.05, 3.63) is 63.8 Å². The molecule has 2 heterocycles. The fourth-order valence-electron chi connectivity index (χ4n) is 2.75. The summed E-state index contributed by atoms with van der Waals surface area (Å²) in [5.74, 6) is 1.76. The molecule has 0 amide bonds. The third-order valence-corrected chi connectivity index (χ3v) is 4.17. The maximum atomic E-state index is 9.00. The molecule has 1 aromatic carbocycles. The van der Waals surface area contributed by atoms with Gasteiger partial charge in [-0.3, -0.25) is 4.68 Å². The molecule has 116 valence electrons. The third kappa shape index (κ3) is 2.88. The maximum absolute atomic E-state index is 9.00. The van der Waals surface area contributed by atoms with Gasteiger partial charge in [-0.15, -0.1) is 0 Å². The van der Waals surface area contributed by atoms with Crippen LogP contribution in [0.1, 0.15) is 28.5 Å². The predicted octanol–water partition coefficient (Wildman–Crippen LogP) is 4.64. The zero-order chi connectivity index (χ0) is 16.6. The second kappa shape index (κ2) is 5.94. The van der Waals surface area contributed by atoms with Crippen LogP contribution in [0.15, 0.2) is 34.7 Å². The summed E-state index contributed by atoms with van der Waals surface area (Å²) in [6.45, 7) is 6.51. The standard InChI is InChI=1S/C18H16ClN3O/c1-11-4-7-16(23-11)10-22-13(3)18(12(2)21-22)14-5-6-15(9-20)17(19)8-14/h4-8H,10H2,1-3H3. The average molecular weight is 326 g/mol. The highest BCUT2D eigenvalue weighted by Crippen LogP contribution is 2.30. The molecule has 4 nitrogen and oxygen atoms in total. The van der Waals surface area contributed by atoms with Crippen molar-refractivity contribution in [3.63, 3.8) is 0 Å². The van der Waals surface area contributed by atoms with Gasteiger partial charge in [-0.2, -0.15) is 10.4 Å². The molecule has 0 bridgehead atoms. The van der Waals surface area contributed by atoms with Crippen LogP contribution in [-0.2, 0) is 6.54 Å². The van der Waals surface area contributed by atoms with Gasteiger partial charge in [0.15, 0.2) is 0 Å². The SMILES string of the molecule is Cc1ccc(Cn2nc(C)c(-c3ccc(C#N)c(Cl)c3)c2C)o1. The summed E-state index contributed by atoms with van der Waals surface area (Å²) >= 11 is 6.16. The van der Waals surface area contributed by atoms with Crippen LogP contribution in [0.2, 0.25) is 5.02 Å². The molecule has 2 aromatic heterocycles. The van der Waals surface area contributed by atoms with Gasteiger partial charge in [0.1, 0.15) is 17.6 Å².